The number of carboxylic acids is 1. The quantitative estimate of drug-likeness (QED) is 0.898. The predicted octanol–water partition coefficient (Wildman–Crippen LogP) is 2.85. The zero-order chi connectivity index (χ0) is 14.9. The standard InChI is InChI=1S/C14H19ClN2O3/c1-9(2)17-8-10(15)7-11(17)12(18)16-14(13(19)20)5-3-4-6-14/h7-9H,3-6H2,1-2H3,(H,16,18)(H,19,20). The third-order valence-corrected chi connectivity index (χ3v) is 4.03. The number of carboxylic acid groups (broad SMARTS) is 1. The van der Waals surface area contributed by atoms with Crippen LogP contribution < -0.4 is 5.32 Å². The van der Waals surface area contributed by atoms with Gasteiger partial charge in [0.15, 0.2) is 0 Å². The van der Waals surface area contributed by atoms with E-state index in [1.54, 1.807) is 16.8 Å². The lowest BCUT2D eigenvalue weighted by molar-refractivity contribution is -0.144. The first-order chi connectivity index (χ1) is 9.35. The van der Waals surface area contributed by atoms with Gasteiger partial charge in [-0.2, -0.15) is 0 Å². The Bertz CT molecular complexity index is 531. The Hall–Kier alpha value is -1.49. The molecular weight excluding hydrogens is 280 g/mol. The van der Waals surface area contributed by atoms with Crippen molar-refractivity contribution in [2.45, 2.75) is 51.1 Å². The van der Waals surface area contributed by atoms with Crippen molar-refractivity contribution in [1.82, 2.24) is 9.88 Å². The molecule has 0 aliphatic heterocycles. The Balaban J connectivity index is 2.26. The van der Waals surface area contributed by atoms with Gasteiger partial charge in [0.1, 0.15) is 11.2 Å². The highest BCUT2D eigenvalue weighted by Gasteiger charge is 2.43. The summed E-state index contributed by atoms with van der Waals surface area (Å²) in [6, 6.07) is 1.65. The molecule has 1 aliphatic rings. The summed E-state index contributed by atoms with van der Waals surface area (Å²) in [7, 11) is 0. The Morgan fingerprint density at radius 2 is 2.00 bits per heavy atom. The third-order valence-electron chi connectivity index (χ3n) is 3.82. The predicted molar refractivity (Wildman–Crippen MR) is 76.1 cm³/mol. The second-order valence-corrected chi connectivity index (χ2v) is 6.03. The molecule has 0 unspecified atom stereocenters. The Kier molecular flexibility index (Phi) is 4.09. The summed E-state index contributed by atoms with van der Waals surface area (Å²) in [5.74, 6) is -1.34. The van der Waals surface area contributed by atoms with Crippen LogP contribution in [0.25, 0.3) is 0 Å². The van der Waals surface area contributed by atoms with Crippen LogP contribution in [0.5, 0.6) is 0 Å². The summed E-state index contributed by atoms with van der Waals surface area (Å²) >= 11 is 5.95. The van der Waals surface area contributed by atoms with Gasteiger partial charge in [0, 0.05) is 12.2 Å². The highest BCUT2D eigenvalue weighted by molar-refractivity contribution is 6.31. The second kappa shape index (κ2) is 5.48. The van der Waals surface area contributed by atoms with E-state index in [1.807, 2.05) is 13.8 Å². The molecule has 1 aromatic heterocycles. The molecule has 110 valence electrons. The topological polar surface area (TPSA) is 71.3 Å². The second-order valence-electron chi connectivity index (χ2n) is 5.59. The van der Waals surface area contributed by atoms with Crippen molar-refractivity contribution >= 4 is 23.5 Å². The van der Waals surface area contributed by atoms with E-state index in [0.717, 1.165) is 12.8 Å². The molecule has 2 N–H and O–H groups in total. The molecule has 0 radical (unpaired) electrons. The molecule has 1 amide bonds. The smallest absolute Gasteiger partial charge is 0.329 e. The number of aromatic nitrogens is 1. The number of amides is 1. The van der Waals surface area contributed by atoms with Crippen LogP contribution in [-0.4, -0.2) is 27.1 Å². The molecule has 2 rings (SSSR count). The normalized spacial score (nSPS) is 17.4. The van der Waals surface area contributed by atoms with E-state index in [9.17, 15) is 14.7 Å². The van der Waals surface area contributed by atoms with Crippen LogP contribution in [0.2, 0.25) is 5.02 Å². The SMILES string of the molecule is CC(C)n1cc(Cl)cc1C(=O)NC1(C(=O)O)CCCC1. The van der Waals surface area contributed by atoms with Crippen molar-refractivity contribution < 1.29 is 14.7 Å². The van der Waals surface area contributed by atoms with Crippen molar-refractivity contribution in [2.24, 2.45) is 0 Å². The van der Waals surface area contributed by atoms with E-state index in [4.69, 9.17) is 11.6 Å². The van der Waals surface area contributed by atoms with Crippen LogP contribution >= 0.6 is 11.6 Å². The molecule has 0 atom stereocenters. The molecule has 1 aromatic rings. The van der Waals surface area contributed by atoms with Crippen LogP contribution in [0.15, 0.2) is 12.3 Å². The number of hydrogen-bond acceptors (Lipinski definition) is 2. The summed E-state index contributed by atoms with van der Waals surface area (Å²) < 4.78 is 1.75. The molecule has 1 heterocycles. The monoisotopic (exact) mass is 298 g/mol. The number of rotatable bonds is 4. The molecule has 0 aromatic carbocycles. The number of halogens is 1. The van der Waals surface area contributed by atoms with Gasteiger partial charge in [-0.15, -0.1) is 0 Å². The van der Waals surface area contributed by atoms with Gasteiger partial charge < -0.3 is 15.0 Å². The van der Waals surface area contributed by atoms with Gasteiger partial charge in [-0.05, 0) is 32.8 Å². The molecule has 5 nitrogen and oxygen atoms in total. The fourth-order valence-corrected chi connectivity index (χ4v) is 2.92. The van der Waals surface area contributed by atoms with E-state index in [1.165, 1.54) is 0 Å². The number of nitrogens with one attached hydrogen (secondary N) is 1. The number of hydrogen-bond donors (Lipinski definition) is 2. The third kappa shape index (κ3) is 2.68. The number of nitrogens with zero attached hydrogens (tertiary/aromatic N) is 1. The van der Waals surface area contributed by atoms with Gasteiger partial charge in [0.2, 0.25) is 0 Å². The van der Waals surface area contributed by atoms with Crippen molar-refractivity contribution in [3.8, 4) is 0 Å². The summed E-state index contributed by atoms with van der Waals surface area (Å²) in [6.45, 7) is 3.88. The minimum absolute atomic E-state index is 0.0765. The molecule has 6 heteroatoms. The number of carbonyl (C=O) groups is 2. The molecule has 20 heavy (non-hydrogen) atoms. The summed E-state index contributed by atoms with van der Waals surface area (Å²) in [4.78, 5) is 23.9. The molecule has 1 aliphatic carbocycles. The zero-order valence-corrected chi connectivity index (χ0v) is 12.4. The van der Waals surface area contributed by atoms with E-state index in [2.05, 4.69) is 5.32 Å². The molecule has 0 bridgehead atoms. The average Bonchev–Trinajstić information content (AvgIpc) is 2.96. The van der Waals surface area contributed by atoms with Crippen molar-refractivity contribution in [2.75, 3.05) is 0 Å². The number of aliphatic carboxylic acids is 1. The minimum atomic E-state index is -1.13. The van der Waals surface area contributed by atoms with Crippen LogP contribution in [0, 0.1) is 0 Å². The van der Waals surface area contributed by atoms with Crippen LogP contribution in [-0.2, 0) is 4.79 Å². The van der Waals surface area contributed by atoms with Gasteiger partial charge in [0.05, 0.1) is 5.02 Å². The van der Waals surface area contributed by atoms with Crippen LogP contribution in [0.1, 0.15) is 56.1 Å². The van der Waals surface area contributed by atoms with Gasteiger partial charge >= 0.3 is 5.97 Å². The molecule has 0 spiro atoms. The van der Waals surface area contributed by atoms with Crippen molar-refractivity contribution in [3.05, 3.63) is 23.0 Å². The first-order valence-electron chi connectivity index (χ1n) is 6.79. The summed E-state index contributed by atoms with van der Waals surface area (Å²) in [5.41, 5.74) is -0.729. The molecule has 0 saturated heterocycles. The molecule has 1 saturated carbocycles. The Morgan fingerprint density at radius 3 is 2.50 bits per heavy atom. The van der Waals surface area contributed by atoms with Crippen LogP contribution in [0.4, 0.5) is 0 Å². The largest absolute Gasteiger partial charge is 0.480 e. The zero-order valence-electron chi connectivity index (χ0n) is 11.6. The lowest BCUT2D eigenvalue weighted by Crippen LogP contribution is -2.52. The lowest BCUT2D eigenvalue weighted by atomic mass is 9.97. The maximum atomic E-state index is 12.4. The fraction of sp³-hybridized carbons (Fsp3) is 0.571. The van der Waals surface area contributed by atoms with Gasteiger partial charge in [-0.1, -0.05) is 24.4 Å². The van der Waals surface area contributed by atoms with E-state index >= 15 is 0 Å². The maximum Gasteiger partial charge on any atom is 0.329 e. The fourth-order valence-electron chi connectivity index (χ4n) is 2.71. The van der Waals surface area contributed by atoms with E-state index < -0.39 is 11.5 Å². The highest BCUT2D eigenvalue weighted by atomic mass is 35.5. The van der Waals surface area contributed by atoms with Crippen molar-refractivity contribution in [3.63, 3.8) is 0 Å². The minimum Gasteiger partial charge on any atom is -0.480 e. The number of carbonyl (C=O) groups excluding carboxylic acids is 1. The Labute approximate surface area is 122 Å². The lowest BCUT2D eigenvalue weighted by Gasteiger charge is -2.26. The maximum absolute atomic E-state index is 12.4. The first-order valence-corrected chi connectivity index (χ1v) is 7.17. The summed E-state index contributed by atoms with van der Waals surface area (Å²) in [6.07, 6.45) is 4.27. The molecule has 1 fully saturated rings. The van der Waals surface area contributed by atoms with Gasteiger partial charge in [-0.3, -0.25) is 4.79 Å². The van der Waals surface area contributed by atoms with E-state index in [-0.39, 0.29) is 11.9 Å². The van der Waals surface area contributed by atoms with E-state index in [0.29, 0.717) is 23.6 Å². The van der Waals surface area contributed by atoms with Gasteiger partial charge in [0.25, 0.3) is 5.91 Å². The molecular formula is C14H19ClN2O3. The highest BCUT2D eigenvalue weighted by Crippen LogP contribution is 2.30. The average molecular weight is 299 g/mol. The Morgan fingerprint density at radius 1 is 1.40 bits per heavy atom. The van der Waals surface area contributed by atoms with Crippen LogP contribution in [0.3, 0.4) is 0 Å². The summed E-state index contributed by atoms with van der Waals surface area (Å²) in [5, 5.41) is 12.6. The van der Waals surface area contributed by atoms with Gasteiger partial charge in [-0.25, -0.2) is 4.79 Å². The van der Waals surface area contributed by atoms with Crippen molar-refractivity contribution in [1.29, 1.82) is 0 Å². The first kappa shape index (κ1) is 14.9.